The van der Waals surface area contributed by atoms with Gasteiger partial charge in [-0.25, -0.2) is 4.98 Å². The first kappa shape index (κ1) is 10.9. The monoisotopic (exact) mass is 237 g/mol. The van der Waals surface area contributed by atoms with Crippen molar-refractivity contribution < 1.29 is 0 Å². The second-order valence-corrected chi connectivity index (χ2v) is 3.93. The van der Waals surface area contributed by atoms with Gasteiger partial charge in [0.25, 0.3) is 0 Å². The van der Waals surface area contributed by atoms with E-state index < -0.39 is 0 Å². The van der Waals surface area contributed by atoms with Crippen molar-refractivity contribution in [1.82, 2.24) is 19.7 Å². The van der Waals surface area contributed by atoms with Gasteiger partial charge < -0.3 is 9.47 Å². The van der Waals surface area contributed by atoms with E-state index in [9.17, 15) is 0 Å². The highest BCUT2D eigenvalue weighted by Crippen LogP contribution is 2.16. The molecule has 0 spiro atoms. The van der Waals surface area contributed by atoms with Crippen LogP contribution in [0.2, 0.25) is 5.15 Å². The highest BCUT2D eigenvalue weighted by Gasteiger charge is 2.06. The van der Waals surface area contributed by atoms with Gasteiger partial charge in [-0.15, -0.1) is 5.10 Å². The third-order valence-electron chi connectivity index (χ3n) is 2.35. The van der Waals surface area contributed by atoms with Crippen LogP contribution in [0.1, 0.15) is 5.82 Å². The first-order valence-corrected chi connectivity index (χ1v) is 5.20. The van der Waals surface area contributed by atoms with Gasteiger partial charge in [0.15, 0.2) is 5.15 Å². The highest BCUT2D eigenvalue weighted by molar-refractivity contribution is 6.29. The number of hydrogen-bond acceptors (Lipinski definition) is 4. The molecule has 0 radical (unpaired) electrons. The Hall–Kier alpha value is -1.62. The predicted molar refractivity (Wildman–Crippen MR) is 62.4 cm³/mol. The van der Waals surface area contributed by atoms with Gasteiger partial charge in [-0.1, -0.05) is 11.6 Å². The van der Waals surface area contributed by atoms with E-state index in [4.69, 9.17) is 11.6 Å². The Kier molecular flexibility index (Phi) is 3.05. The molecule has 0 N–H and O–H groups in total. The summed E-state index contributed by atoms with van der Waals surface area (Å²) >= 11 is 5.78. The molecule has 0 saturated carbocycles. The Labute approximate surface area is 98.7 Å². The number of nitrogens with zero attached hydrogens (tertiary/aromatic N) is 5. The maximum Gasteiger partial charge on any atom is 0.153 e. The topological polar surface area (TPSA) is 46.8 Å². The fraction of sp³-hybridized carbons (Fsp3) is 0.300. The van der Waals surface area contributed by atoms with Gasteiger partial charge in [0, 0.05) is 32.6 Å². The molecule has 2 aromatic heterocycles. The number of aryl methyl sites for hydroxylation is 1. The van der Waals surface area contributed by atoms with Gasteiger partial charge in [0.05, 0.1) is 18.4 Å². The van der Waals surface area contributed by atoms with Gasteiger partial charge in [0.1, 0.15) is 5.82 Å². The fourth-order valence-corrected chi connectivity index (χ4v) is 1.55. The summed E-state index contributed by atoms with van der Waals surface area (Å²) in [4.78, 5) is 6.27. The molecular formula is C10H12ClN5. The van der Waals surface area contributed by atoms with Crippen LogP contribution in [0.5, 0.6) is 0 Å². The summed E-state index contributed by atoms with van der Waals surface area (Å²) in [6.07, 6.45) is 5.37. The molecule has 0 bridgehead atoms. The lowest BCUT2D eigenvalue weighted by molar-refractivity contribution is 0.759. The minimum absolute atomic E-state index is 0.393. The standard InChI is InChI=1S/C10H12ClN5/c1-15-4-3-12-10(15)7-16(2)8-5-9(11)14-13-6-8/h3-6H,7H2,1-2H3. The fourth-order valence-electron chi connectivity index (χ4n) is 1.39. The quantitative estimate of drug-likeness (QED) is 0.812. The molecule has 0 fully saturated rings. The molecule has 2 rings (SSSR count). The second-order valence-electron chi connectivity index (χ2n) is 3.55. The molecule has 0 aliphatic carbocycles. The molecule has 5 nitrogen and oxygen atoms in total. The Balaban J connectivity index is 2.14. The van der Waals surface area contributed by atoms with Gasteiger partial charge >= 0.3 is 0 Å². The molecule has 2 aromatic rings. The predicted octanol–water partition coefficient (Wildman–Crippen LogP) is 1.50. The third-order valence-corrected chi connectivity index (χ3v) is 2.54. The molecule has 84 valence electrons. The molecule has 0 atom stereocenters. The SMILES string of the molecule is CN(Cc1nccn1C)c1cnnc(Cl)c1. The zero-order chi connectivity index (χ0) is 11.5. The number of hydrogen-bond donors (Lipinski definition) is 0. The maximum atomic E-state index is 5.78. The summed E-state index contributed by atoms with van der Waals surface area (Å²) in [6, 6.07) is 1.78. The second kappa shape index (κ2) is 4.49. The van der Waals surface area contributed by atoms with Gasteiger partial charge in [-0.2, -0.15) is 5.10 Å². The van der Waals surface area contributed by atoms with Crippen molar-refractivity contribution in [2.75, 3.05) is 11.9 Å². The number of rotatable bonds is 3. The van der Waals surface area contributed by atoms with Crippen molar-refractivity contribution >= 4 is 17.3 Å². The molecule has 0 saturated heterocycles. The number of anilines is 1. The van der Waals surface area contributed by atoms with Crippen molar-refractivity contribution in [2.45, 2.75) is 6.54 Å². The molecule has 0 aliphatic heterocycles. The summed E-state index contributed by atoms with van der Waals surface area (Å²) < 4.78 is 1.98. The van der Waals surface area contributed by atoms with Crippen LogP contribution in [0.25, 0.3) is 0 Å². The van der Waals surface area contributed by atoms with Crippen LogP contribution >= 0.6 is 11.6 Å². The van der Waals surface area contributed by atoms with Gasteiger partial charge in [-0.3, -0.25) is 0 Å². The highest BCUT2D eigenvalue weighted by atomic mass is 35.5. The Morgan fingerprint density at radius 2 is 2.31 bits per heavy atom. The lowest BCUT2D eigenvalue weighted by Gasteiger charge is -2.18. The minimum atomic E-state index is 0.393. The Morgan fingerprint density at radius 3 is 2.94 bits per heavy atom. The van der Waals surface area contributed by atoms with E-state index in [1.54, 1.807) is 18.5 Å². The molecule has 2 heterocycles. The summed E-state index contributed by atoms with van der Waals surface area (Å²) in [6.45, 7) is 0.700. The van der Waals surface area contributed by atoms with Crippen LogP contribution < -0.4 is 4.90 Å². The lowest BCUT2D eigenvalue weighted by Crippen LogP contribution is -2.19. The van der Waals surface area contributed by atoms with E-state index in [1.807, 2.05) is 29.8 Å². The molecule has 0 aliphatic rings. The number of imidazole rings is 1. The van der Waals surface area contributed by atoms with E-state index in [2.05, 4.69) is 15.2 Å². The van der Waals surface area contributed by atoms with Crippen molar-refractivity contribution in [2.24, 2.45) is 7.05 Å². The summed E-state index contributed by atoms with van der Waals surface area (Å²) in [5.41, 5.74) is 0.919. The Bertz CT molecular complexity index is 482. The molecule has 6 heteroatoms. The average molecular weight is 238 g/mol. The zero-order valence-corrected chi connectivity index (χ0v) is 9.89. The largest absolute Gasteiger partial charge is 0.366 e. The van der Waals surface area contributed by atoms with Crippen molar-refractivity contribution in [1.29, 1.82) is 0 Å². The lowest BCUT2D eigenvalue weighted by atomic mass is 10.4. The van der Waals surface area contributed by atoms with E-state index >= 15 is 0 Å². The number of halogens is 1. The molecule has 0 aromatic carbocycles. The Morgan fingerprint density at radius 1 is 1.50 bits per heavy atom. The average Bonchev–Trinajstić information content (AvgIpc) is 2.64. The minimum Gasteiger partial charge on any atom is -0.366 e. The van der Waals surface area contributed by atoms with Crippen LogP contribution in [0.15, 0.2) is 24.7 Å². The first-order chi connectivity index (χ1) is 7.66. The molecule has 16 heavy (non-hydrogen) atoms. The number of aromatic nitrogens is 4. The van der Waals surface area contributed by atoms with Crippen LogP contribution in [-0.2, 0) is 13.6 Å². The summed E-state index contributed by atoms with van der Waals surface area (Å²) in [5, 5.41) is 7.90. The van der Waals surface area contributed by atoms with Crippen LogP contribution in [0, 0.1) is 0 Å². The van der Waals surface area contributed by atoms with E-state index in [0.29, 0.717) is 11.7 Å². The van der Waals surface area contributed by atoms with Crippen LogP contribution in [0.4, 0.5) is 5.69 Å². The molecule has 0 amide bonds. The molecule has 0 unspecified atom stereocenters. The van der Waals surface area contributed by atoms with E-state index in [-0.39, 0.29) is 0 Å². The summed E-state index contributed by atoms with van der Waals surface area (Å²) in [5.74, 6) is 0.982. The molecular weight excluding hydrogens is 226 g/mol. The maximum absolute atomic E-state index is 5.78. The normalized spacial score (nSPS) is 10.4. The third kappa shape index (κ3) is 2.30. The first-order valence-electron chi connectivity index (χ1n) is 4.82. The van der Waals surface area contributed by atoms with Crippen LogP contribution in [-0.4, -0.2) is 26.8 Å². The van der Waals surface area contributed by atoms with Gasteiger partial charge in [0.2, 0.25) is 0 Å². The van der Waals surface area contributed by atoms with Crippen molar-refractivity contribution in [3.8, 4) is 0 Å². The van der Waals surface area contributed by atoms with Gasteiger partial charge in [-0.05, 0) is 0 Å². The van der Waals surface area contributed by atoms with Crippen molar-refractivity contribution in [3.05, 3.63) is 35.6 Å². The smallest absolute Gasteiger partial charge is 0.153 e. The van der Waals surface area contributed by atoms with Crippen LogP contribution in [0.3, 0.4) is 0 Å². The van der Waals surface area contributed by atoms with E-state index in [1.165, 1.54) is 0 Å². The zero-order valence-electron chi connectivity index (χ0n) is 9.13. The van der Waals surface area contributed by atoms with E-state index in [0.717, 1.165) is 11.5 Å². The van der Waals surface area contributed by atoms with Crippen molar-refractivity contribution in [3.63, 3.8) is 0 Å². The summed E-state index contributed by atoms with van der Waals surface area (Å²) in [7, 11) is 3.93.